The molecule has 0 bridgehead atoms. The van der Waals surface area contributed by atoms with E-state index in [2.05, 4.69) is 0 Å². The maximum atomic E-state index is 13.1. The summed E-state index contributed by atoms with van der Waals surface area (Å²) < 4.78 is 11.2. The Bertz CT molecular complexity index is 1010. The number of halogens is 2. The molecule has 2 saturated heterocycles. The summed E-state index contributed by atoms with van der Waals surface area (Å²) in [5.41, 5.74) is 7.40. The lowest BCUT2D eigenvalue weighted by Crippen LogP contribution is -2.48. The Hall–Kier alpha value is -2.32. The van der Waals surface area contributed by atoms with Gasteiger partial charge in [0.05, 0.1) is 22.2 Å². The monoisotopic (exact) mass is 492 g/mol. The molecule has 7 nitrogen and oxygen atoms in total. The molecule has 4 rings (SSSR count). The number of carbonyl (C=O) groups is 2. The van der Waals surface area contributed by atoms with Gasteiger partial charge in [-0.1, -0.05) is 41.4 Å². The van der Waals surface area contributed by atoms with E-state index in [0.717, 1.165) is 0 Å². The first-order chi connectivity index (χ1) is 15.8. The number of benzene rings is 2. The highest BCUT2D eigenvalue weighted by molar-refractivity contribution is 6.42. The van der Waals surface area contributed by atoms with Crippen molar-refractivity contribution in [2.45, 2.75) is 37.5 Å². The van der Waals surface area contributed by atoms with E-state index < -0.39 is 24.2 Å². The minimum absolute atomic E-state index is 0.0119. The molecule has 2 heterocycles. The molecular weight excluding hydrogens is 467 g/mol. The number of ether oxygens (including phenoxy) is 2. The van der Waals surface area contributed by atoms with Gasteiger partial charge < -0.3 is 25.2 Å². The van der Waals surface area contributed by atoms with Gasteiger partial charge in [-0.15, -0.1) is 0 Å². The van der Waals surface area contributed by atoms with Crippen LogP contribution < -0.4 is 5.73 Å². The lowest BCUT2D eigenvalue weighted by atomic mass is 9.85. The van der Waals surface area contributed by atoms with Gasteiger partial charge in [0, 0.05) is 37.2 Å². The average Bonchev–Trinajstić information content (AvgIpc) is 3.29. The molecule has 2 aromatic rings. The first kappa shape index (κ1) is 23.8. The second-order valence-electron chi connectivity index (χ2n) is 8.40. The highest BCUT2D eigenvalue weighted by Gasteiger charge is 2.41. The number of amides is 1. The molecule has 2 aliphatic heterocycles. The van der Waals surface area contributed by atoms with Crippen molar-refractivity contribution in [3.8, 4) is 5.75 Å². The van der Waals surface area contributed by atoms with E-state index in [0.29, 0.717) is 55.1 Å². The van der Waals surface area contributed by atoms with Gasteiger partial charge in [0.2, 0.25) is 0 Å². The van der Waals surface area contributed by atoms with Crippen LogP contribution in [0.25, 0.3) is 0 Å². The van der Waals surface area contributed by atoms with Crippen LogP contribution in [0.4, 0.5) is 0 Å². The van der Waals surface area contributed by atoms with Crippen LogP contribution in [0.3, 0.4) is 0 Å². The minimum atomic E-state index is -0.804. The number of nitrogens with two attached hydrogens (primary N) is 1. The van der Waals surface area contributed by atoms with Crippen LogP contribution in [-0.2, 0) is 14.3 Å². The van der Waals surface area contributed by atoms with Crippen LogP contribution in [0.5, 0.6) is 5.75 Å². The topological polar surface area (TPSA) is 102 Å². The van der Waals surface area contributed by atoms with Gasteiger partial charge >= 0.3 is 5.97 Å². The molecule has 2 aromatic carbocycles. The van der Waals surface area contributed by atoms with Gasteiger partial charge in [-0.3, -0.25) is 4.79 Å². The minimum Gasteiger partial charge on any atom is -0.508 e. The molecule has 3 N–H and O–H groups in total. The van der Waals surface area contributed by atoms with Crippen molar-refractivity contribution in [2.75, 3.05) is 19.7 Å². The number of piperidine rings is 1. The van der Waals surface area contributed by atoms with E-state index in [-0.39, 0.29) is 22.6 Å². The smallest absolute Gasteiger partial charge is 0.338 e. The van der Waals surface area contributed by atoms with Gasteiger partial charge in [-0.05, 0) is 37.0 Å². The predicted molar refractivity (Wildman–Crippen MR) is 124 cm³/mol. The third-order valence-corrected chi connectivity index (χ3v) is 7.06. The molecule has 0 radical (unpaired) electrons. The maximum absolute atomic E-state index is 13.1. The van der Waals surface area contributed by atoms with Crippen molar-refractivity contribution in [3.63, 3.8) is 0 Å². The Labute approximate surface area is 202 Å². The Balaban J connectivity index is 1.35. The molecule has 9 heteroatoms. The fraction of sp³-hybridized carbons (Fsp3) is 0.417. The molecule has 0 unspecified atom stereocenters. The zero-order chi connectivity index (χ0) is 23.5. The average molecular weight is 493 g/mol. The van der Waals surface area contributed by atoms with Crippen molar-refractivity contribution >= 4 is 35.1 Å². The SMILES string of the molecule is N[C@@H](c1cc(Cl)c(Cl)cc1O)C1CCN(C(=O)[C@@H]2OCC[C@@H]2OC(=O)c2ccccc2)CC1. The standard InChI is InChI=1S/C24H26Cl2N2O5/c25-17-12-16(19(29)13-18(17)26)21(27)14-6-9-28(10-7-14)23(30)22-20(8-11-32-22)33-24(31)15-4-2-1-3-5-15/h1-5,12-14,20-22,29H,6-11,27H2/t20-,21+,22+/m0/s1. The quantitative estimate of drug-likeness (QED) is 0.612. The molecule has 176 valence electrons. The summed E-state index contributed by atoms with van der Waals surface area (Å²) in [6.45, 7) is 1.36. The fourth-order valence-corrected chi connectivity index (χ4v) is 4.76. The van der Waals surface area contributed by atoms with Crippen LogP contribution in [0.15, 0.2) is 42.5 Å². The largest absolute Gasteiger partial charge is 0.508 e. The number of rotatable bonds is 5. The second-order valence-corrected chi connectivity index (χ2v) is 9.22. The summed E-state index contributed by atoms with van der Waals surface area (Å²) in [7, 11) is 0. The Kier molecular flexibility index (Phi) is 7.44. The summed E-state index contributed by atoms with van der Waals surface area (Å²) in [6, 6.07) is 11.3. The number of hydrogen-bond donors (Lipinski definition) is 2. The number of carbonyl (C=O) groups excluding carboxylic acids is 2. The Morgan fingerprint density at radius 1 is 1.09 bits per heavy atom. The highest BCUT2D eigenvalue weighted by Crippen LogP contribution is 2.38. The maximum Gasteiger partial charge on any atom is 0.338 e. The molecule has 2 aliphatic rings. The van der Waals surface area contributed by atoms with Crippen molar-refractivity contribution in [2.24, 2.45) is 11.7 Å². The third-order valence-electron chi connectivity index (χ3n) is 6.34. The Morgan fingerprint density at radius 2 is 1.76 bits per heavy atom. The summed E-state index contributed by atoms with van der Waals surface area (Å²) in [4.78, 5) is 27.3. The number of phenols is 1. The van der Waals surface area contributed by atoms with E-state index in [1.807, 2.05) is 6.07 Å². The van der Waals surface area contributed by atoms with Crippen LogP contribution in [0.2, 0.25) is 10.0 Å². The van der Waals surface area contributed by atoms with Crippen molar-refractivity contribution in [1.82, 2.24) is 4.90 Å². The number of likely N-dealkylation sites (tertiary alicyclic amines) is 1. The van der Waals surface area contributed by atoms with Gasteiger partial charge in [-0.25, -0.2) is 4.79 Å². The molecule has 0 saturated carbocycles. The fourth-order valence-electron chi connectivity index (χ4n) is 4.43. The highest BCUT2D eigenvalue weighted by atomic mass is 35.5. The van der Waals surface area contributed by atoms with Crippen molar-refractivity contribution in [1.29, 1.82) is 0 Å². The first-order valence-corrected chi connectivity index (χ1v) is 11.7. The normalized spacial score (nSPS) is 22.2. The summed E-state index contributed by atoms with van der Waals surface area (Å²) >= 11 is 12.0. The number of esters is 1. The number of nitrogens with zero attached hydrogens (tertiary/aromatic N) is 1. The summed E-state index contributed by atoms with van der Waals surface area (Å²) in [5, 5.41) is 10.8. The van der Waals surface area contributed by atoms with Crippen LogP contribution >= 0.6 is 23.2 Å². The molecule has 3 atom stereocenters. The van der Waals surface area contributed by atoms with E-state index in [9.17, 15) is 14.7 Å². The number of hydrogen-bond acceptors (Lipinski definition) is 6. The third kappa shape index (κ3) is 5.27. The predicted octanol–water partition coefficient (Wildman–Crippen LogP) is 3.95. The van der Waals surface area contributed by atoms with Crippen molar-refractivity contribution in [3.05, 3.63) is 63.6 Å². The molecular formula is C24H26Cl2N2O5. The van der Waals surface area contributed by atoms with E-state index in [1.165, 1.54) is 6.07 Å². The van der Waals surface area contributed by atoms with Gasteiger partial charge in [0.25, 0.3) is 5.91 Å². The molecule has 0 aromatic heterocycles. The lowest BCUT2D eigenvalue weighted by Gasteiger charge is -2.36. The van der Waals surface area contributed by atoms with Crippen LogP contribution in [0, 0.1) is 5.92 Å². The second kappa shape index (κ2) is 10.3. The molecule has 0 spiro atoms. The van der Waals surface area contributed by atoms with Gasteiger partial charge in [-0.2, -0.15) is 0 Å². The van der Waals surface area contributed by atoms with Gasteiger partial charge in [0.15, 0.2) is 6.10 Å². The van der Waals surface area contributed by atoms with Crippen LogP contribution in [0.1, 0.15) is 41.2 Å². The lowest BCUT2D eigenvalue weighted by molar-refractivity contribution is -0.146. The number of aromatic hydroxyl groups is 1. The van der Waals surface area contributed by atoms with E-state index in [1.54, 1.807) is 35.2 Å². The number of phenolic OH excluding ortho intramolecular Hbond substituents is 1. The zero-order valence-corrected chi connectivity index (χ0v) is 19.5. The summed E-state index contributed by atoms with van der Waals surface area (Å²) in [5.74, 6) is -0.566. The van der Waals surface area contributed by atoms with E-state index in [4.69, 9.17) is 38.4 Å². The zero-order valence-electron chi connectivity index (χ0n) is 18.0. The molecule has 33 heavy (non-hydrogen) atoms. The van der Waals surface area contributed by atoms with Gasteiger partial charge in [0.1, 0.15) is 11.9 Å². The van der Waals surface area contributed by atoms with Crippen LogP contribution in [-0.4, -0.2) is 53.8 Å². The summed E-state index contributed by atoms with van der Waals surface area (Å²) in [6.07, 6.45) is 0.384. The van der Waals surface area contributed by atoms with E-state index >= 15 is 0 Å². The molecule has 1 amide bonds. The molecule has 2 fully saturated rings. The Morgan fingerprint density at radius 3 is 2.45 bits per heavy atom. The first-order valence-electron chi connectivity index (χ1n) is 10.9. The van der Waals surface area contributed by atoms with Crippen molar-refractivity contribution < 1.29 is 24.2 Å². The molecule has 0 aliphatic carbocycles.